The number of rotatable bonds is 6. The molecule has 0 aliphatic carbocycles. The smallest absolute Gasteiger partial charge is 0.120 e. The van der Waals surface area contributed by atoms with E-state index in [2.05, 4.69) is 32.9 Å². The molecular weight excluding hydrogens is 212 g/mol. The fourth-order valence-electron chi connectivity index (χ4n) is 0.931. The third-order valence-corrected chi connectivity index (χ3v) is 3.35. The molecule has 0 saturated carbocycles. The maximum Gasteiger partial charge on any atom is 0.120 e. The molecule has 0 aromatic heterocycles. The van der Waals surface area contributed by atoms with Gasteiger partial charge < -0.3 is 4.79 Å². The quantitative estimate of drug-likeness (QED) is 0.299. The minimum Gasteiger partial charge on any atom is -0.303 e. The number of thioether (sulfide) groups is 1. The van der Waals surface area contributed by atoms with Crippen molar-refractivity contribution in [3.8, 4) is 0 Å². The number of carbonyl (C=O) groups is 1. The number of allylic oxidation sites excluding steroid dienone is 1. The molecule has 0 saturated heterocycles. The molecule has 80 valence electrons. The van der Waals surface area contributed by atoms with Gasteiger partial charge in [0.05, 0.1) is 0 Å². The SMILES string of the molecule is CCC(=S)SC(C)(C)C=CCCC=O. The monoisotopic (exact) mass is 230 g/mol. The van der Waals surface area contributed by atoms with Gasteiger partial charge in [-0.2, -0.15) is 0 Å². The predicted octanol–water partition coefficient (Wildman–Crippen LogP) is 3.77. The van der Waals surface area contributed by atoms with Crippen LogP contribution in [0.15, 0.2) is 12.2 Å². The summed E-state index contributed by atoms with van der Waals surface area (Å²) >= 11 is 6.89. The van der Waals surface area contributed by atoms with E-state index in [1.165, 1.54) is 0 Å². The molecule has 0 spiro atoms. The van der Waals surface area contributed by atoms with E-state index in [0.29, 0.717) is 6.42 Å². The molecule has 3 heteroatoms. The molecule has 0 aromatic carbocycles. The Hall–Kier alpha value is -0.150. The maximum absolute atomic E-state index is 10.1. The Morgan fingerprint density at radius 2 is 2.07 bits per heavy atom. The van der Waals surface area contributed by atoms with Crippen LogP contribution in [0.5, 0.6) is 0 Å². The Kier molecular flexibility index (Phi) is 7.11. The summed E-state index contributed by atoms with van der Waals surface area (Å²) < 4.78 is 1.09. The summed E-state index contributed by atoms with van der Waals surface area (Å²) in [6.07, 6.45) is 7.50. The summed E-state index contributed by atoms with van der Waals surface area (Å²) in [7, 11) is 0. The van der Waals surface area contributed by atoms with Gasteiger partial charge in [0.15, 0.2) is 0 Å². The molecule has 0 rings (SSSR count). The van der Waals surface area contributed by atoms with E-state index in [0.717, 1.165) is 23.3 Å². The van der Waals surface area contributed by atoms with E-state index < -0.39 is 0 Å². The summed E-state index contributed by atoms with van der Waals surface area (Å²) in [5.74, 6) is 0. The van der Waals surface area contributed by atoms with E-state index in [1.807, 2.05) is 0 Å². The summed E-state index contributed by atoms with van der Waals surface area (Å²) in [6, 6.07) is 0. The molecule has 14 heavy (non-hydrogen) atoms. The second-order valence-electron chi connectivity index (χ2n) is 3.58. The second-order valence-corrected chi connectivity index (χ2v) is 6.08. The topological polar surface area (TPSA) is 17.1 Å². The summed E-state index contributed by atoms with van der Waals surface area (Å²) in [6.45, 7) is 6.34. The van der Waals surface area contributed by atoms with Crippen LogP contribution in [-0.2, 0) is 4.79 Å². The van der Waals surface area contributed by atoms with Crippen molar-refractivity contribution in [1.29, 1.82) is 0 Å². The Balaban J connectivity index is 3.98. The van der Waals surface area contributed by atoms with Gasteiger partial charge in [-0.25, -0.2) is 0 Å². The molecule has 0 N–H and O–H groups in total. The number of unbranched alkanes of at least 4 members (excludes halogenated alkanes) is 1. The first-order valence-electron chi connectivity index (χ1n) is 4.85. The average molecular weight is 230 g/mol. The normalized spacial score (nSPS) is 11.9. The summed E-state index contributed by atoms with van der Waals surface area (Å²) in [4.78, 5) is 10.1. The van der Waals surface area contributed by atoms with Crippen molar-refractivity contribution in [2.45, 2.75) is 44.8 Å². The highest BCUT2D eigenvalue weighted by Gasteiger charge is 2.15. The minimum absolute atomic E-state index is 0.0516. The third-order valence-electron chi connectivity index (χ3n) is 1.64. The van der Waals surface area contributed by atoms with Crippen LogP contribution in [0.1, 0.15) is 40.0 Å². The van der Waals surface area contributed by atoms with Crippen molar-refractivity contribution in [2.24, 2.45) is 0 Å². The van der Waals surface area contributed by atoms with Gasteiger partial charge in [-0.15, -0.1) is 11.8 Å². The van der Waals surface area contributed by atoms with Crippen LogP contribution < -0.4 is 0 Å². The zero-order valence-corrected chi connectivity index (χ0v) is 10.7. The first kappa shape index (κ1) is 13.8. The number of carbonyl (C=O) groups excluding carboxylic acids is 1. The third kappa shape index (κ3) is 7.27. The molecule has 0 unspecified atom stereocenters. The van der Waals surface area contributed by atoms with Crippen molar-refractivity contribution >= 4 is 34.5 Å². The highest BCUT2D eigenvalue weighted by atomic mass is 32.2. The molecule has 0 aliphatic rings. The summed E-state index contributed by atoms with van der Waals surface area (Å²) in [5.41, 5.74) is 0. The Morgan fingerprint density at radius 1 is 1.43 bits per heavy atom. The van der Waals surface area contributed by atoms with Gasteiger partial charge in [0.1, 0.15) is 6.29 Å². The van der Waals surface area contributed by atoms with E-state index >= 15 is 0 Å². The van der Waals surface area contributed by atoms with E-state index in [1.54, 1.807) is 11.8 Å². The zero-order chi connectivity index (χ0) is 11.0. The van der Waals surface area contributed by atoms with Crippen LogP contribution in [-0.4, -0.2) is 15.2 Å². The van der Waals surface area contributed by atoms with Crippen LogP contribution in [0.2, 0.25) is 0 Å². The Bertz CT molecular complexity index is 219. The molecule has 1 nitrogen and oxygen atoms in total. The average Bonchev–Trinajstić information content (AvgIpc) is 2.12. The molecule has 0 radical (unpaired) electrons. The number of thiocarbonyl (C=S) groups is 1. The van der Waals surface area contributed by atoms with E-state index in [9.17, 15) is 4.79 Å². The maximum atomic E-state index is 10.1. The van der Waals surface area contributed by atoms with Crippen LogP contribution >= 0.6 is 24.0 Å². The van der Waals surface area contributed by atoms with Gasteiger partial charge in [-0.3, -0.25) is 0 Å². The largest absolute Gasteiger partial charge is 0.303 e. The van der Waals surface area contributed by atoms with Crippen molar-refractivity contribution in [1.82, 2.24) is 0 Å². The number of hydrogen-bond donors (Lipinski definition) is 0. The molecule has 0 fully saturated rings. The van der Waals surface area contributed by atoms with Crippen LogP contribution in [0.3, 0.4) is 0 Å². The van der Waals surface area contributed by atoms with Gasteiger partial charge in [-0.05, 0) is 26.7 Å². The first-order chi connectivity index (χ1) is 6.52. The van der Waals surface area contributed by atoms with E-state index in [-0.39, 0.29) is 4.75 Å². The molecule has 0 bridgehead atoms. The summed E-state index contributed by atoms with van der Waals surface area (Å²) in [5, 5.41) is 0. The first-order valence-corrected chi connectivity index (χ1v) is 6.07. The van der Waals surface area contributed by atoms with Gasteiger partial charge in [-0.1, -0.05) is 31.3 Å². The van der Waals surface area contributed by atoms with Gasteiger partial charge in [0, 0.05) is 15.4 Å². The fraction of sp³-hybridized carbons (Fsp3) is 0.636. The fourth-order valence-corrected chi connectivity index (χ4v) is 2.47. The second kappa shape index (κ2) is 7.18. The Morgan fingerprint density at radius 3 is 2.57 bits per heavy atom. The van der Waals surface area contributed by atoms with Crippen molar-refractivity contribution in [2.75, 3.05) is 0 Å². The molecule has 0 atom stereocenters. The lowest BCUT2D eigenvalue weighted by molar-refractivity contribution is -0.107. The van der Waals surface area contributed by atoms with Gasteiger partial charge in [0.25, 0.3) is 0 Å². The lowest BCUT2D eigenvalue weighted by atomic mass is 10.1. The van der Waals surface area contributed by atoms with Gasteiger partial charge >= 0.3 is 0 Å². The lowest BCUT2D eigenvalue weighted by Gasteiger charge is -2.19. The standard InChI is InChI=1S/C11H18OS2/c1-4-10(13)14-11(2,3)8-6-5-7-9-12/h6,8-9H,4-5,7H2,1-3H3. The molecule has 0 aromatic rings. The highest BCUT2D eigenvalue weighted by Crippen LogP contribution is 2.28. The lowest BCUT2D eigenvalue weighted by Crippen LogP contribution is -2.12. The van der Waals surface area contributed by atoms with Crippen LogP contribution in [0.25, 0.3) is 0 Å². The molecule has 0 heterocycles. The minimum atomic E-state index is 0.0516. The zero-order valence-electron chi connectivity index (χ0n) is 9.08. The highest BCUT2D eigenvalue weighted by molar-refractivity contribution is 8.24. The van der Waals surface area contributed by atoms with Crippen molar-refractivity contribution in [3.63, 3.8) is 0 Å². The molecular formula is C11H18OS2. The predicted molar refractivity (Wildman–Crippen MR) is 69.0 cm³/mol. The Labute approximate surface area is 96.3 Å². The van der Waals surface area contributed by atoms with Crippen molar-refractivity contribution in [3.05, 3.63) is 12.2 Å². The molecule has 0 aliphatic heterocycles. The van der Waals surface area contributed by atoms with Crippen LogP contribution in [0.4, 0.5) is 0 Å². The molecule has 0 amide bonds. The van der Waals surface area contributed by atoms with E-state index in [4.69, 9.17) is 12.2 Å². The van der Waals surface area contributed by atoms with Gasteiger partial charge in [0.2, 0.25) is 0 Å². The van der Waals surface area contributed by atoms with Crippen LogP contribution in [0, 0.1) is 0 Å². The number of hydrogen-bond acceptors (Lipinski definition) is 3. The van der Waals surface area contributed by atoms with Crippen molar-refractivity contribution < 1.29 is 4.79 Å². The number of aldehydes is 1.